The second-order valence-electron chi connectivity index (χ2n) is 10.8. The molecule has 0 amide bonds. The average molecular weight is 453 g/mol. The number of hydrogen-bond acceptors (Lipinski definition) is 3. The van der Waals surface area contributed by atoms with Gasteiger partial charge in [-0.3, -0.25) is 4.79 Å². The normalized spacial score (nSPS) is 34.5. The lowest BCUT2D eigenvalue weighted by Crippen LogP contribution is -2.51. The highest BCUT2D eigenvalue weighted by Crippen LogP contribution is 2.66. The molecule has 2 saturated carbocycles. The number of imidazole rings is 1. The lowest BCUT2D eigenvalue weighted by Gasteiger charge is -2.53. The van der Waals surface area contributed by atoms with Crippen LogP contribution in [0.15, 0.2) is 65.8 Å². The first-order chi connectivity index (χ1) is 16.4. The van der Waals surface area contributed by atoms with Crippen LogP contribution in [0.1, 0.15) is 70.3 Å². The van der Waals surface area contributed by atoms with Gasteiger partial charge in [0.1, 0.15) is 5.60 Å². The Morgan fingerprint density at radius 2 is 1.97 bits per heavy atom. The highest BCUT2D eigenvalue weighted by molar-refractivity contribution is 5.93. The zero-order valence-corrected chi connectivity index (χ0v) is 20.1. The summed E-state index contributed by atoms with van der Waals surface area (Å²) in [6.07, 6.45) is 13.7. The van der Waals surface area contributed by atoms with E-state index in [0.717, 1.165) is 44.2 Å². The molecule has 0 radical (unpaired) electrons. The standard InChI is InChI=1S/C30H32N2O2/c1-3-13-30(34)14-12-27-25-10-6-21-17-23(33)9-11-24(21)28(25)26(18-29(27,30)2)20-4-7-22(8-5-20)32-16-15-31-19-32/h4-5,7-8,15-17,19,25-27,34H,6,9-12,14,18H2,1-2H3/t25?,26-,27?,29+,30+/m1/s1. The summed E-state index contributed by atoms with van der Waals surface area (Å²) in [6.45, 7) is 4.13. The summed E-state index contributed by atoms with van der Waals surface area (Å²) in [4.78, 5) is 16.4. The molecule has 34 heavy (non-hydrogen) atoms. The molecular formula is C30H32N2O2. The fourth-order valence-corrected chi connectivity index (χ4v) is 7.67. The van der Waals surface area contributed by atoms with Crippen LogP contribution in [0.3, 0.4) is 0 Å². The van der Waals surface area contributed by atoms with Gasteiger partial charge >= 0.3 is 0 Å². The van der Waals surface area contributed by atoms with Gasteiger partial charge < -0.3 is 9.67 Å². The molecule has 2 aromatic rings. The lowest BCUT2D eigenvalue weighted by molar-refractivity contribution is -0.114. The van der Waals surface area contributed by atoms with Crippen molar-refractivity contribution in [3.8, 4) is 17.5 Å². The third-order valence-electron chi connectivity index (χ3n) is 9.32. The molecule has 0 bridgehead atoms. The smallest absolute Gasteiger partial charge is 0.156 e. The van der Waals surface area contributed by atoms with E-state index in [0.29, 0.717) is 18.3 Å². The molecule has 4 aliphatic rings. The van der Waals surface area contributed by atoms with Crippen molar-refractivity contribution < 1.29 is 9.90 Å². The molecule has 4 nitrogen and oxygen atoms in total. The summed E-state index contributed by atoms with van der Waals surface area (Å²) >= 11 is 0. The van der Waals surface area contributed by atoms with E-state index in [1.807, 2.05) is 30.1 Å². The van der Waals surface area contributed by atoms with Crippen molar-refractivity contribution >= 4 is 5.78 Å². The van der Waals surface area contributed by atoms with Crippen LogP contribution in [-0.2, 0) is 4.79 Å². The lowest BCUT2D eigenvalue weighted by atomic mass is 9.51. The van der Waals surface area contributed by atoms with Crippen molar-refractivity contribution in [2.75, 3.05) is 0 Å². The predicted octanol–water partition coefficient (Wildman–Crippen LogP) is 5.53. The second-order valence-corrected chi connectivity index (χ2v) is 10.8. The third-order valence-corrected chi connectivity index (χ3v) is 9.32. The van der Waals surface area contributed by atoms with Crippen molar-refractivity contribution in [3.63, 3.8) is 0 Å². The maximum atomic E-state index is 12.2. The first-order valence-corrected chi connectivity index (χ1v) is 12.6. The van der Waals surface area contributed by atoms with Gasteiger partial charge in [-0.2, -0.15) is 0 Å². The first-order valence-electron chi connectivity index (χ1n) is 12.6. The topological polar surface area (TPSA) is 55.1 Å². The van der Waals surface area contributed by atoms with Crippen LogP contribution in [0.2, 0.25) is 0 Å². The Bertz CT molecular complexity index is 1260. The molecule has 0 saturated heterocycles. The quantitative estimate of drug-likeness (QED) is 0.610. The van der Waals surface area contributed by atoms with Crippen molar-refractivity contribution in [2.24, 2.45) is 17.3 Å². The minimum atomic E-state index is -0.934. The van der Waals surface area contributed by atoms with Gasteiger partial charge in [-0.25, -0.2) is 4.98 Å². The summed E-state index contributed by atoms with van der Waals surface area (Å²) in [7, 11) is 0. The van der Waals surface area contributed by atoms with Gasteiger partial charge in [0, 0.05) is 35.8 Å². The average Bonchev–Trinajstić information content (AvgIpc) is 3.46. The number of aliphatic hydroxyl groups is 1. The highest BCUT2D eigenvalue weighted by atomic mass is 16.3. The molecule has 1 N–H and O–H groups in total. The summed E-state index contributed by atoms with van der Waals surface area (Å²) in [6, 6.07) is 8.84. The third kappa shape index (κ3) is 3.10. The number of ketones is 1. The van der Waals surface area contributed by atoms with E-state index in [4.69, 9.17) is 0 Å². The molecule has 4 aliphatic carbocycles. The molecule has 1 aromatic heterocycles. The van der Waals surface area contributed by atoms with E-state index in [-0.39, 0.29) is 17.1 Å². The minimum absolute atomic E-state index is 0.235. The Hall–Kier alpha value is -2.90. The summed E-state index contributed by atoms with van der Waals surface area (Å²) in [5.74, 6) is 7.67. The maximum Gasteiger partial charge on any atom is 0.156 e. The number of carbonyl (C=O) groups is 1. The van der Waals surface area contributed by atoms with E-state index in [2.05, 4.69) is 48.0 Å². The Morgan fingerprint density at radius 1 is 1.15 bits per heavy atom. The number of rotatable bonds is 2. The molecular weight excluding hydrogens is 420 g/mol. The number of benzene rings is 1. The monoisotopic (exact) mass is 452 g/mol. The Balaban J connectivity index is 1.49. The Labute approximate surface area is 201 Å². The molecule has 0 spiro atoms. The highest BCUT2D eigenvalue weighted by Gasteiger charge is 2.62. The van der Waals surface area contributed by atoms with Crippen LogP contribution >= 0.6 is 0 Å². The second kappa shape index (κ2) is 7.82. The molecule has 1 aromatic carbocycles. The minimum Gasteiger partial charge on any atom is -0.377 e. The van der Waals surface area contributed by atoms with Crippen LogP contribution in [0.4, 0.5) is 0 Å². The van der Waals surface area contributed by atoms with Crippen molar-refractivity contribution in [3.05, 3.63) is 71.3 Å². The van der Waals surface area contributed by atoms with Crippen molar-refractivity contribution in [1.82, 2.24) is 9.55 Å². The zero-order valence-electron chi connectivity index (χ0n) is 20.1. The number of aromatic nitrogens is 2. The van der Waals surface area contributed by atoms with E-state index in [1.165, 1.54) is 16.7 Å². The summed E-state index contributed by atoms with van der Waals surface area (Å²) < 4.78 is 2.02. The van der Waals surface area contributed by atoms with Gasteiger partial charge in [-0.05, 0) is 92.2 Å². The Kier molecular flexibility index (Phi) is 4.97. The van der Waals surface area contributed by atoms with Gasteiger partial charge in [0.2, 0.25) is 0 Å². The first kappa shape index (κ1) is 21.6. The van der Waals surface area contributed by atoms with Crippen LogP contribution < -0.4 is 0 Å². The fraction of sp³-hybridized carbons (Fsp3) is 0.467. The maximum absolute atomic E-state index is 12.2. The van der Waals surface area contributed by atoms with Gasteiger partial charge in [-0.1, -0.05) is 30.6 Å². The number of fused-ring (bicyclic) bond motifs is 4. The molecule has 174 valence electrons. The van der Waals surface area contributed by atoms with Gasteiger partial charge in [0.25, 0.3) is 0 Å². The van der Waals surface area contributed by atoms with E-state index >= 15 is 0 Å². The van der Waals surface area contributed by atoms with Crippen LogP contribution in [0, 0.1) is 29.1 Å². The van der Waals surface area contributed by atoms with E-state index in [1.54, 1.807) is 11.8 Å². The van der Waals surface area contributed by atoms with E-state index < -0.39 is 5.60 Å². The SMILES string of the molecule is CC#C[C@]1(O)CCC2C3CCC4=CC(=O)CCC4=C3[C@@H](c3ccc(-n4ccnc4)cc3)C[C@@]21C. The molecule has 2 unspecified atom stereocenters. The van der Waals surface area contributed by atoms with Crippen LogP contribution in [0.25, 0.3) is 5.69 Å². The molecule has 2 fully saturated rings. The summed E-state index contributed by atoms with van der Waals surface area (Å²) in [5.41, 5.74) is 5.48. The predicted molar refractivity (Wildman–Crippen MR) is 132 cm³/mol. The fourth-order valence-electron chi connectivity index (χ4n) is 7.67. The number of hydrogen-bond donors (Lipinski definition) is 1. The van der Waals surface area contributed by atoms with Gasteiger partial charge in [0.05, 0.1) is 6.33 Å². The zero-order chi connectivity index (χ0) is 23.5. The van der Waals surface area contributed by atoms with Crippen molar-refractivity contribution in [1.29, 1.82) is 0 Å². The number of carbonyl (C=O) groups excluding carboxylic acids is 1. The van der Waals surface area contributed by atoms with E-state index in [9.17, 15) is 9.90 Å². The molecule has 4 heteroatoms. The molecule has 5 atom stereocenters. The molecule has 6 rings (SSSR count). The summed E-state index contributed by atoms with van der Waals surface area (Å²) in [5, 5.41) is 11.8. The Morgan fingerprint density at radius 3 is 2.71 bits per heavy atom. The van der Waals surface area contributed by atoms with Crippen LogP contribution in [0.5, 0.6) is 0 Å². The molecule has 1 heterocycles. The number of allylic oxidation sites excluding steroid dienone is 4. The number of nitrogens with zero attached hydrogens (tertiary/aromatic N) is 2. The molecule has 0 aliphatic heterocycles. The van der Waals surface area contributed by atoms with Crippen LogP contribution in [-0.4, -0.2) is 26.0 Å². The largest absolute Gasteiger partial charge is 0.377 e. The van der Waals surface area contributed by atoms with Crippen molar-refractivity contribution in [2.45, 2.75) is 70.3 Å². The van der Waals surface area contributed by atoms with Gasteiger partial charge in [-0.15, -0.1) is 5.92 Å². The van der Waals surface area contributed by atoms with Gasteiger partial charge in [0.15, 0.2) is 5.78 Å².